The summed E-state index contributed by atoms with van der Waals surface area (Å²) in [4.78, 5) is 15.1. The number of rotatable bonds is 5. The van der Waals surface area contributed by atoms with E-state index in [1.807, 2.05) is 17.5 Å². The van der Waals surface area contributed by atoms with Gasteiger partial charge in [-0.1, -0.05) is 18.2 Å². The van der Waals surface area contributed by atoms with E-state index in [0.717, 1.165) is 10.9 Å². The Morgan fingerprint density at radius 2 is 1.84 bits per heavy atom. The topological polar surface area (TPSA) is 33.5 Å². The highest BCUT2D eigenvalue weighted by Crippen LogP contribution is 2.33. The molecule has 130 valence electrons. The third kappa shape index (κ3) is 4.11. The molecule has 2 heterocycles. The molecule has 0 aliphatic rings. The van der Waals surface area contributed by atoms with E-state index in [1.54, 1.807) is 12.1 Å². The average Bonchev–Trinajstić information content (AvgIpc) is 3.26. The maximum Gasteiger partial charge on any atom is 0.417 e. The summed E-state index contributed by atoms with van der Waals surface area (Å²) in [5.41, 5.74) is -1.30. The van der Waals surface area contributed by atoms with E-state index in [1.165, 1.54) is 40.7 Å². The van der Waals surface area contributed by atoms with E-state index in [4.69, 9.17) is 4.42 Å². The molecule has 0 saturated heterocycles. The lowest BCUT2D eigenvalue weighted by Crippen LogP contribution is -2.31. The average molecular weight is 365 g/mol. The van der Waals surface area contributed by atoms with Gasteiger partial charge in [-0.15, -0.1) is 11.3 Å². The van der Waals surface area contributed by atoms with E-state index in [9.17, 15) is 18.0 Å². The fourth-order valence-electron chi connectivity index (χ4n) is 2.47. The molecule has 0 saturated carbocycles. The van der Waals surface area contributed by atoms with Crippen LogP contribution < -0.4 is 0 Å². The number of alkyl halides is 3. The number of nitrogens with zero attached hydrogens (tertiary/aromatic N) is 1. The summed E-state index contributed by atoms with van der Waals surface area (Å²) in [6.45, 7) is 0.305. The van der Waals surface area contributed by atoms with Crippen molar-refractivity contribution in [1.82, 2.24) is 4.90 Å². The molecule has 0 aliphatic heterocycles. The van der Waals surface area contributed by atoms with E-state index < -0.39 is 17.6 Å². The fourth-order valence-corrected chi connectivity index (χ4v) is 3.19. The second kappa shape index (κ2) is 7.14. The van der Waals surface area contributed by atoms with Crippen molar-refractivity contribution in [2.45, 2.75) is 19.3 Å². The van der Waals surface area contributed by atoms with Crippen LogP contribution >= 0.6 is 11.3 Å². The highest BCUT2D eigenvalue weighted by molar-refractivity contribution is 7.09. The van der Waals surface area contributed by atoms with Gasteiger partial charge < -0.3 is 9.32 Å². The second-order valence-corrected chi connectivity index (χ2v) is 6.40. The van der Waals surface area contributed by atoms with Gasteiger partial charge >= 0.3 is 6.18 Å². The molecule has 3 nitrogen and oxygen atoms in total. The van der Waals surface area contributed by atoms with Crippen LogP contribution in [0.2, 0.25) is 0 Å². The molecule has 0 N–H and O–H groups in total. The van der Waals surface area contributed by atoms with Crippen molar-refractivity contribution in [3.63, 3.8) is 0 Å². The summed E-state index contributed by atoms with van der Waals surface area (Å²) in [5.74, 6) is -0.174. The van der Waals surface area contributed by atoms with Crippen LogP contribution in [0.4, 0.5) is 13.2 Å². The Labute approximate surface area is 146 Å². The quantitative estimate of drug-likeness (QED) is 0.622. The van der Waals surface area contributed by atoms with Crippen LogP contribution in [0.3, 0.4) is 0 Å². The molecule has 1 aromatic carbocycles. The minimum atomic E-state index is -4.59. The zero-order chi connectivity index (χ0) is 17.9. The van der Waals surface area contributed by atoms with Gasteiger partial charge in [0.25, 0.3) is 5.91 Å². The lowest BCUT2D eigenvalue weighted by molar-refractivity contribution is -0.138. The zero-order valence-electron chi connectivity index (χ0n) is 13.0. The molecule has 3 aromatic rings. The number of carbonyl (C=O) groups excluding carboxylic acids is 1. The van der Waals surface area contributed by atoms with Crippen molar-refractivity contribution < 1.29 is 22.4 Å². The standard InChI is InChI=1S/C18H14F3NO2S/c19-18(20,21)16-8-2-1-7-15(16)17(23)22(11-13-5-3-9-24-13)12-14-6-4-10-25-14/h1-10H,11-12H2. The predicted octanol–water partition coefficient (Wildman–Crippen LogP) is 5.20. The SMILES string of the molecule is O=C(c1ccccc1C(F)(F)F)N(Cc1ccco1)Cc1cccs1. The third-order valence-corrected chi connectivity index (χ3v) is 4.46. The Morgan fingerprint density at radius 1 is 1.04 bits per heavy atom. The molecule has 0 spiro atoms. The molecule has 0 aliphatic carbocycles. The van der Waals surface area contributed by atoms with Gasteiger partial charge in [0.15, 0.2) is 0 Å². The van der Waals surface area contributed by atoms with Crippen molar-refractivity contribution in [2.24, 2.45) is 0 Å². The summed E-state index contributed by atoms with van der Waals surface area (Å²) < 4.78 is 45.0. The van der Waals surface area contributed by atoms with E-state index in [0.29, 0.717) is 5.76 Å². The number of carbonyl (C=O) groups is 1. The molecular formula is C18H14F3NO2S. The third-order valence-electron chi connectivity index (χ3n) is 3.60. The number of hydrogen-bond acceptors (Lipinski definition) is 3. The van der Waals surface area contributed by atoms with E-state index >= 15 is 0 Å². The number of amides is 1. The molecular weight excluding hydrogens is 351 g/mol. The van der Waals surface area contributed by atoms with Crippen molar-refractivity contribution in [1.29, 1.82) is 0 Å². The predicted molar refractivity (Wildman–Crippen MR) is 88.0 cm³/mol. The van der Waals surface area contributed by atoms with Crippen molar-refractivity contribution >= 4 is 17.2 Å². The van der Waals surface area contributed by atoms with Gasteiger partial charge in [-0.3, -0.25) is 4.79 Å². The first-order chi connectivity index (χ1) is 11.9. The Hall–Kier alpha value is -2.54. The Kier molecular flexibility index (Phi) is 4.94. The summed E-state index contributed by atoms with van der Waals surface area (Å²) in [7, 11) is 0. The second-order valence-electron chi connectivity index (χ2n) is 5.36. The summed E-state index contributed by atoms with van der Waals surface area (Å²) in [6, 6.07) is 11.9. The zero-order valence-corrected chi connectivity index (χ0v) is 13.8. The number of benzene rings is 1. The van der Waals surface area contributed by atoms with Crippen LogP contribution in [0.25, 0.3) is 0 Å². The van der Waals surface area contributed by atoms with Crippen LogP contribution in [0.1, 0.15) is 26.6 Å². The first-order valence-corrected chi connectivity index (χ1v) is 8.33. The lowest BCUT2D eigenvalue weighted by atomic mass is 10.1. The monoisotopic (exact) mass is 365 g/mol. The van der Waals surface area contributed by atoms with Crippen LogP contribution in [-0.4, -0.2) is 10.8 Å². The number of furan rings is 1. The number of halogens is 3. The highest BCUT2D eigenvalue weighted by Gasteiger charge is 2.36. The Bertz CT molecular complexity index is 790. The molecule has 0 bridgehead atoms. The molecule has 2 aromatic heterocycles. The maximum absolute atomic E-state index is 13.2. The fraction of sp³-hybridized carbons (Fsp3) is 0.167. The summed E-state index contributed by atoms with van der Waals surface area (Å²) in [5, 5.41) is 1.86. The molecule has 0 radical (unpaired) electrons. The smallest absolute Gasteiger partial charge is 0.417 e. The first kappa shape index (κ1) is 17.3. The van der Waals surface area contributed by atoms with Crippen LogP contribution in [0.5, 0.6) is 0 Å². The Morgan fingerprint density at radius 3 is 2.48 bits per heavy atom. The maximum atomic E-state index is 13.2. The van der Waals surface area contributed by atoms with E-state index in [-0.39, 0.29) is 18.7 Å². The lowest BCUT2D eigenvalue weighted by Gasteiger charge is -2.23. The van der Waals surface area contributed by atoms with Gasteiger partial charge in [0.1, 0.15) is 5.76 Å². The van der Waals surface area contributed by atoms with Gasteiger partial charge in [0.2, 0.25) is 0 Å². The number of thiophene rings is 1. The van der Waals surface area contributed by atoms with Gasteiger partial charge in [0.05, 0.1) is 30.5 Å². The van der Waals surface area contributed by atoms with Crippen LogP contribution in [0, 0.1) is 0 Å². The Balaban J connectivity index is 1.94. The molecule has 0 atom stereocenters. The summed E-state index contributed by atoms with van der Waals surface area (Å²) >= 11 is 1.44. The van der Waals surface area contributed by atoms with Crippen molar-refractivity contribution in [3.8, 4) is 0 Å². The van der Waals surface area contributed by atoms with Crippen LogP contribution in [-0.2, 0) is 19.3 Å². The van der Waals surface area contributed by atoms with Crippen molar-refractivity contribution in [3.05, 3.63) is 81.9 Å². The molecule has 7 heteroatoms. The van der Waals surface area contributed by atoms with Crippen molar-refractivity contribution in [2.75, 3.05) is 0 Å². The highest BCUT2D eigenvalue weighted by atomic mass is 32.1. The van der Waals surface area contributed by atoms with E-state index in [2.05, 4.69) is 0 Å². The first-order valence-electron chi connectivity index (χ1n) is 7.45. The van der Waals surface area contributed by atoms with Crippen LogP contribution in [0.15, 0.2) is 64.6 Å². The molecule has 1 amide bonds. The van der Waals surface area contributed by atoms with Gasteiger partial charge in [0, 0.05) is 4.88 Å². The van der Waals surface area contributed by atoms with Gasteiger partial charge in [-0.25, -0.2) is 0 Å². The number of hydrogen-bond donors (Lipinski definition) is 0. The summed E-state index contributed by atoms with van der Waals surface area (Å²) in [6.07, 6.45) is -3.13. The largest absolute Gasteiger partial charge is 0.467 e. The minimum absolute atomic E-state index is 0.0932. The molecule has 0 unspecified atom stereocenters. The molecule has 3 rings (SSSR count). The molecule has 0 fully saturated rings. The minimum Gasteiger partial charge on any atom is -0.467 e. The van der Waals surface area contributed by atoms with Gasteiger partial charge in [-0.2, -0.15) is 13.2 Å². The normalized spacial score (nSPS) is 11.5. The molecule has 25 heavy (non-hydrogen) atoms. The van der Waals surface area contributed by atoms with Gasteiger partial charge in [-0.05, 0) is 35.7 Å².